The molecule has 3 N–H and O–H groups in total. The van der Waals surface area contributed by atoms with Gasteiger partial charge in [0.1, 0.15) is 17.5 Å². The smallest absolute Gasteiger partial charge is 0.131 e. The Hall–Kier alpha value is -0.580. The van der Waals surface area contributed by atoms with Crippen LogP contribution in [0.25, 0.3) is 0 Å². The average Bonchev–Trinajstić information content (AvgIpc) is 2.16. The van der Waals surface area contributed by atoms with Gasteiger partial charge >= 0.3 is 0 Å². The molecule has 0 aromatic heterocycles. The number of aliphatic hydroxyl groups is 1. The average molecular weight is 272 g/mol. The van der Waals surface area contributed by atoms with Gasteiger partial charge in [-0.2, -0.15) is 0 Å². The molecule has 0 bridgehead atoms. The zero-order valence-corrected chi connectivity index (χ0v) is 10.3. The third-order valence-electron chi connectivity index (χ3n) is 2.76. The second-order valence-electron chi connectivity index (χ2n) is 4.36. The predicted octanol–water partition coefficient (Wildman–Crippen LogP) is 1.98. The summed E-state index contributed by atoms with van der Waals surface area (Å²) in [5.41, 5.74) is 6.19. The van der Waals surface area contributed by atoms with E-state index in [4.69, 9.17) is 10.5 Å². The van der Waals surface area contributed by atoms with Crippen LogP contribution in [0.1, 0.15) is 25.5 Å². The molecule has 0 spiro atoms. The first-order valence-corrected chi connectivity index (χ1v) is 5.63. The fourth-order valence-corrected chi connectivity index (χ4v) is 2.20. The summed E-state index contributed by atoms with van der Waals surface area (Å²) in [6, 6.07) is 5.26. The van der Waals surface area contributed by atoms with Crippen molar-refractivity contribution in [1.29, 1.82) is 0 Å². The SMILES string of the molecule is CC1(C)Oc2ccc(Br)cc2[C@H](N)[C@H]1O. The second-order valence-corrected chi connectivity index (χ2v) is 5.27. The number of hydrogen-bond acceptors (Lipinski definition) is 3. The lowest BCUT2D eigenvalue weighted by Crippen LogP contribution is -2.51. The highest BCUT2D eigenvalue weighted by atomic mass is 79.9. The Balaban J connectivity index is 2.50. The molecule has 0 amide bonds. The summed E-state index contributed by atoms with van der Waals surface area (Å²) in [5.74, 6) is 0.751. The molecule has 1 aromatic rings. The lowest BCUT2D eigenvalue weighted by atomic mass is 9.87. The summed E-state index contributed by atoms with van der Waals surface area (Å²) in [6.45, 7) is 3.67. The number of aliphatic hydroxyl groups excluding tert-OH is 1. The van der Waals surface area contributed by atoms with Crippen LogP contribution in [-0.2, 0) is 0 Å². The van der Waals surface area contributed by atoms with E-state index in [1.54, 1.807) is 0 Å². The Morgan fingerprint density at radius 1 is 1.47 bits per heavy atom. The maximum atomic E-state index is 9.98. The molecule has 1 aromatic carbocycles. The zero-order valence-electron chi connectivity index (χ0n) is 8.70. The van der Waals surface area contributed by atoms with Crippen LogP contribution in [-0.4, -0.2) is 16.8 Å². The van der Waals surface area contributed by atoms with Crippen LogP contribution in [0.4, 0.5) is 0 Å². The van der Waals surface area contributed by atoms with E-state index in [-0.39, 0.29) is 0 Å². The van der Waals surface area contributed by atoms with Crippen LogP contribution in [0.15, 0.2) is 22.7 Å². The van der Waals surface area contributed by atoms with E-state index >= 15 is 0 Å². The number of nitrogens with two attached hydrogens (primary N) is 1. The van der Waals surface area contributed by atoms with Gasteiger partial charge < -0.3 is 15.6 Å². The highest BCUT2D eigenvalue weighted by Gasteiger charge is 2.41. The normalized spacial score (nSPS) is 28.1. The number of halogens is 1. The van der Waals surface area contributed by atoms with Crippen molar-refractivity contribution in [3.63, 3.8) is 0 Å². The molecule has 0 saturated carbocycles. The number of fused-ring (bicyclic) bond motifs is 1. The van der Waals surface area contributed by atoms with Crippen LogP contribution in [0.3, 0.4) is 0 Å². The molecule has 4 heteroatoms. The van der Waals surface area contributed by atoms with E-state index in [9.17, 15) is 5.11 Å². The van der Waals surface area contributed by atoms with Crippen molar-refractivity contribution >= 4 is 15.9 Å². The Labute approximate surface area is 97.4 Å². The maximum absolute atomic E-state index is 9.98. The molecule has 1 aliphatic heterocycles. The molecular weight excluding hydrogens is 258 g/mol. The van der Waals surface area contributed by atoms with Gasteiger partial charge in [-0.1, -0.05) is 15.9 Å². The Morgan fingerprint density at radius 2 is 2.13 bits per heavy atom. The largest absolute Gasteiger partial charge is 0.485 e. The van der Waals surface area contributed by atoms with Gasteiger partial charge in [-0.15, -0.1) is 0 Å². The first-order chi connectivity index (χ1) is 6.92. The first-order valence-electron chi connectivity index (χ1n) is 4.84. The summed E-state index contributed by atoms with van der Waals surface area (Å²) in [7, 11) is 0. The van der Waals surface area contributed by atoms with Crippen LogP contribution in [0.5, 0.6) is 5.75 Å². The molecule has 2 rings (SSSR count). The Bertz CT molecular complexity index is 392. The van der Waals surface area contributed by atoms with Crippen molar-refractivity contribution in [3.8, 4) is 5.75 Å². The van der Waals surface area contributed by atoms with E-state index in [0.29, 0.717) is 0 Å². The minimum Gasteiger partial charge on any atom is -0.485 e. The highest BCUT2D eigenvalue weighted by molar-refractivity contribution is 9.10. The topological polar surface area (TPSA) is 55.5 Å². The van der Waals surface area contributed by atoms with Crippen molar-refractivity contribution in [2.75, 3.05) is 0 Å². The van der Waals surface area contributed by atoms with Gasteiger partial charge in [0.2, 0.25) is 0 Å². The molecular formula is C11H14BrNO2. The monoisotopic (exact) mass is 271 g/mol. The number of benzene rings is 1. The van der Waals surface area contributed by atoms with Crippen molar-refractivity contribution < 1.29 is 9.84 Å². The van der Waals surface area contributed by atoms with E-state index in [2.05, 4.69) is 15.9 Å². The lowest BCUT2D eigenvalue weighted by Gasteiger charge is -2.40. The van der Waals surface area contributed by atoms with Crippen LogP contribution in [0.2, 0.25) is 0 Å². The number of hydrogen-bond donors (Lipinski definition) is 2. The minimum absolute atomic E-state index is 0.402. The molecule has 15 heavy (non-hydrogen) atoms. The molecule has 1 aliphatic rings. The highest BCUT2D eigenvalue weighted by Crippen LogP contribution is 2.39. The van der Waals surface area contributed by atoms with E-state index < -0.39 is 17.7 Å². The van der Waals surface area contributed by atoms with Crippen molar-refractivity contribution in [3.05, 3.63) is 28.2 Å². The molecule has 82 valence electrons. The number of rotatable bonds is 0. The molecule has 0 saturated heterocycles. The fourth-order valence-electron chi connectivity index (χ4n) is 1.82. The van der Waals surface area contributed by atoms with Gasteiger partial charge in [0, 0.05) is 10.0 Å². The van der Waals surface area contributed by atoms with Crippen LogP contribution in [0, 0.1) is 0 Å². The van der Waals surface area contributed by atoms with Crippen molar-refractivity contribution in [2.45, 2.75) is 31.6 Å². The van der Waals surface area contributed by atoms with Gasteiger partial charge in [-0.25, -0.2) is 0 Å². The lowest BCUT2D eigenvalue weighted by molar-refractivity contribution is -0.0572. The first kappa shape index (κ1) is 10.9. The summed E-state index contributed by atoms with van der Waals surface area (Å²) in [6.07, 6.45) is -0.695. The standard InChI is InChI=1S/C11H14BrNO2/c1-11(2)10(14)9(13)7-5-6(12)3-4-8(7)15-11/h3-5,9-10,14H,13H2,1-2H3/t9-,10+/m0/s1. The molecule has 0 aliphatic carbocycles. The fraction of sp³-hybridized carbons (Fsp3) is 0.455. The quantitative estimate of drug-likeness (QED) is 0.759. The summed E-state index contributed by atoms with van der Waals surface area (Å²) in [5, 5.41) is 9.98. The van der Waals surface area contributed by atoms with Crippen molar-refractivity contribution in [2.24, 2.45) is 5.73 Å². The van der Waals surface area contributed by atoms with E-state index in [1.165, 1.54) is 0 Å². The molecule has 0 radical (unpaired) electrons. The summed E-state index contributed by atoms with van der Waals surface area (Å²) in [4.78, 5) is 0. The molecule has 2 atom stereocenters. The Morgan fingerprint density at radius 3 is 2.80 bits per heavy atom. The molecule has 3 nitrogen and oxygen atoms in total. The third-order valence-corrected chi connectivity index (χ3v) is 3.25. The molecule has 0 unspecified atom stereocenters. The molecule has 1 heterocycles. The van der Waals surface area contributed by atoms with Gasteiger partial charge in [0.25, 0.3) is 0 Å². The maximum Gasteiger partial charge on any atom is 0.131 e. The summed E-state index contributed by atoms with van der Waals surface area (Å²) < 4.78 is 6.64. The van der Waals surface area contributed by atoms with Gasteiger partial charge in [0.05, 0.1) is 6.04 Å². The number of ether oxygens (including phenoxy) is 1. The summed E-state index contributed by atoms with van der Waals surface area (Å²) >= 11 is 3.37. The second kappa shape index (κ2) is 3.47. The van der Waals surface area contributed by atoms with E-state index in [0.717, 1.165) is 15.8 Å². The van der Waals surface area contributed by atoms with Gasteiger partial charge in [0.15, 0.2) is 0 Å². The third kappa shape index (κ3) is 1.77. The van der Waals surface area contributed by atoms with Crippen LogP contribution < -0.4 is 10.5 Å². The Kier molecular flexibility index (Phi) is 2.53. The molecule has 0 fully saturated rings. The van der Waals surface area contributed by atoms with Gasteiger partial charge in [-0.3, -0.25) is 0 Å². The van der Waals surface area contributed by atoms with Crippen molar-refractivity contribution in [1.82, 2.24) is 0 Å². The zero-order chi connectivity index (χ0) is 11.2. The minimum atomic E-state index is -0.695. The van der Waals surface area contributed by atoms with Gasteiger partial charge in [-0.05, 0) is 32.0 Å². The predicted molar refractivity (Wildman–Crippen MR) is 61.8 cm³/mol. The van der Waals surface area contributed by atoms with E-state index in [1.807, 2.05) is 32.0 Å². The van der Waals surface area contributed by atoms with Crippen LogP contribution >= 0.6 is 15.9 Å².